The fourth-order valence-corrected chi connectivity index (χ4v) is 4.01. The van der Waals surface area contributed by atoms with Crippen LogP contribution in [0, 0.1) is 0 Å². The van der Waals surface area contributed by atoms with Crippen LogP contribution in [0.15, 0.2) is 58.7 Å². The molecule has 0 N–H and O–H groups in total. The normalized spacial score (nSPS) is 10.9. The molecule has 1 amide bonds. The fourth-order valence-electron chi connectivity index (χ4n) is 2.16. The highest BCUT2D eigenvalue weighted by Gasteiger charge is 2.16. The van der Waals surface area contributed by atoms with E-state index >= 15 is 0 Å². The van der Waals surface area contributed by atoms with Crippen LogP contribution in [0.25, 0.3) is 11.1 Å². The van der Waals surface area contributed by atoms with Crippen LogP contribution in [0.1, 0.15) is 4.88 Å². The third kappa shape index (κ3) is 4.20. The Morgan fingerprint density at radius 3 is 2.92 bits per heavy atom. The second-order valence-corrected chi connectivity index (χ2v) is 7.73. The molecule has 0 unspecified atom stereocenters. The van der Waals surface area contributed by atoms with Gasteiger partial charge < -0.3 is 9.32 Å². The van der Waals surface area contributed by atoms with E-state index in [-0.39, 0.29) is 11.7 Å². The summed E-state index contributed by atoms with van der Waals surface area (Å²) >= 11 is 8.73. The Hall–Kier alpha value is -1.76. The Bertz CT molecular complexity index is 826. The van der Waals surface area contributed by atoms with E-state index in [1.807, 2.05) is 36.4 Å². The van der Waals surface area contributed by atoms with Crippen molar-refractivity contribution in [3.63, 3.8) is 0 Å². The molecular formula is C17H15ClN2O2S2. The lowest BCUT2D eigenvalue weighted by Gasteiger charge is -2.19. The Kier molecular flexibility index (Phi) is 5.60. The first-order chi connectivity index (χ1) is 11.7. The van der Waals surface area contributed by atoms with Crippen molar-refractivity contribution in [1.82, 2.24) is 9.88 Å². The number of thiophene rings is 1. The van der Waals surface area contributed by atoms with Gasteiger partial charge in [0.05, 0.1) is 16.6 Å². The predicted molar refractivity (Wildman–Crippen MR) is 99.7 cm³/mol. The van der Waals surface area contributed by atoms with E-state index in [0.29, 0.717) is 18.3 Å². The first-order valence-corrected chi connectivity index (χ1v) is 9.45. The van der Waals surface area contributed by atoms with E-state index in [4.69, 9.17) is 16.0 Å². The maximum absolute atomic E-state index is 12.5. The maximum atomic E-state index is 12.5. The quantitative estimate of drug-likeness (QED) is 0.435. The van der Waals surface area contributed by atoms with Crippen molar-refractivity contribution in [2.24, 2.45) is 0 Å². The lowest BCUT2D eigenvalue weighted by atomic mass is 10.3. The van der Waals surface area contributed by atoms with Crippen LogP contribution in [0.3, 0.4) is 0 Å². The third-order valence-electron chi connectivity index (χ3n) is 3.27. The predicted octanol–water partition coefficient (Wildman–Crippen LogP) is 4.85. The smallest absolute Gasteiger partial charge is 0.257 e. The van der Waals surface area contributed by atoms with Gasteiger partial charge in [0.15, 0.2) is 5.58 Å². The molecule has 0 aliphatic rings. The number of halogens is 1. The molecule has 2 aromatic heterocycles. The minimum Gasteiger partial charge on any atom is -0.431 e. The van der Waals surface area contributed by atoms with Gasteiger partial charge in [0, 0.05) is 11.4 Å². The lowest BCUT2D eigenvalue weighted by molar-refractivity contribution is -0.128. The van der Waals surface area contributed by atoms with E-state index in [1.165, 1.54) is 23.1 Å². The Morgan fingerprint density at radius 1 is 1.38 bits per heavy atom. The van der Waals surface area contributed by atoms with Crippen molar-refractivity contribution in [2.45, 2.75) is 11.8 Å². The highest BCUT2D eigenvalue weighted by Crippen LogP contribution is 2.25. The van der Waals surface area contributed by atoms with Crippen molar-refractivity contribution in [1.29, 1.82) is 0 Å². The minimum absolute atomic E-state index is 0.00618. The monoisotopic (exact) mass is 378 g/mol. The van der Waals surface area contributed by atoms with Crippen LogP contribution in [0.4, 0.5) is 0 Å². The number of nitrogens with zero attached hydrogens (tertiary/aromatic N) is 2. The number of hydrogen-bond donors (Lipinski definition) is 0. The first kappa shape index (κ1) is 17.1. The zero-order valence-corrected chi connectivity index (χ0v) is 15.2. The maximum Gasteiger partial charge on any atom is 0.257 e. The number of carbonyl (C=O) groups is 1. The summed E-state index contributed by atoms with van der Waals surface area (Å²) in [6.45, 7) is 4.74. The number of hydrogen-bond acceptors (Lipinski definition) is 5. The molecule has 124 valence electrons. The summed E-state index contributed by atoms with van der Waals surface area (Å²) in [5.41, 5.74) is 1.52. The highest BCUT2D eigenvalue weighted by atomic mass is 35.5. The van der Waals surface area contributed by atoms with Crippen molar-refractivity contribution >= 4 is 51.7 Å². The average Bonchev–Trinajstić information content (AvgIpc) is 3.17. The van der Waals surface area contributed by atoms with Crippen LogP contribution >= 0.6 is 34.7 Å². The Balaban J connectivity index is 1.63. The number of oxazole rings is 1. The van der Waals surface area contributed by atoms with Crippen LogP contribution in [0.5, 0.6) is 0 Å². The molecule has 3 rings (SSSR count). The summed E-state index contributed by atoms with van der Waals surface area (Å²) in [5.74, 6) is 0.270. The molecule has 4 nitrogen and oxygen atoms in total. The van der Waals surface area contributed by atoms with Crippen LogP contribution < -0.4 is 0 Å². The molecule has 3 aromatic rings. The Labute approximate surface area is 153 Å². The molecule has 0 spiro atoms. The van der Waals surface area contributed by atoms with Gasteiger partial charge in [0.25, 0.3) is 5.22 Å². The second-order valence-electron chi connectivity index (χ2n) is 5.00. The van der Waals surface area contributed by atoms with Crippen LogP contribution in [-0.2, 0) is 11.3 Å². The SMILES string of the molecule is C=CCN(Cc1ccc(Cl)s1)C(=O)CSc1nc2ccccc2o1. The van der Waals surface area contributed by atoms with E-state index in [1.54, 1.807) is 11.0 Å². The van der Waals surface area contributed by atoms with Crippen LogP contribution in [0.2, 0.25) is 4.34 Å². The molecule has 2 heterocycles. The number of amides is 1. The molecule has 24 heavy (non-hydrogen) atoms. The van der Waals surface area contributed by atoms with Gasteiger partial charge in [0.2, 0.25) is 5.91 Å². The van der Waals surface area contributed by atoms with E-state index in [2.05, 4.69) is 11.6 Å². The van der Waals surface area contributed by atoms with Crippen molar-refractivity contribution in [3.05, 3.63) is 58.3 Å². The molecule has 0 fully saturated rings. The van der Waals surface area contributed by atoms with E-state index in [9.17, 15) is 4.79 Å². The van der Waals surface area contributed by atoms with Gasteiger partial charge in [-0.2, -0.15) is 0 Å². The lowest BCUT2D eigenvalue weighted by Crippen LogP contribution is -2.31. The molecule has 0 radical (unpaired) electrons. The van der Waals surface area contributed by atoms with Gasteiger partial charge >= 0.3 is 0 Å². The van der Waals surface area contributed by atoms with E-state index in [0.717, 1.165) is 20.3 Å². The van der Waals surface area contributed by atoms with Gasteiger partial charge in [-0.1, -0.05) is 41.6 Å². The zero-order chi connectivity index (χ0) is 16.9. The molecule has 1 aromatic carbocycles. The summed E-state index contributed by atoms with van der Waals surface area (Å²) in [5, 5.41) is 0.502. The highest BCUT2D eigenvalue weighted by molar-refractivity contribution is 7.99. The largest absolute Gasteiger partial charge is 0.431 e. The number of fused-ring (bicyclic) bond motifs is 1. The molecule has 0 atom stereocenters. The molecule has 0 saturated heterocycles. The average molecular weight is 379 g/mol. The van der Waals surface area contributed by atoms with Crippen molar-refractivity contribution in [2.75, 3.05) is 12.3 Å². The number of rotatable bonds is 7. The molecule has 0 saturated carbocycles. The number of aromatic nitrogens is 1. The Morgan fingerprint density at radius 2 is 2.21 bits per heavy atom. The van der Waals surface area contributed by atoms with Gasteiger partial charge in [-0.15, -0.1) is 17.9 Å². The summed E-state index contributed by atoms with van der Waals surface area (Å²) < 4.78 is 6.34. The number of carbonyl (C=O) groups excluding carboxylic acids is 1. The number of thioether (sulfide) groups is 1. The van der Waals surface area contributed by atoms with Gasteiger partial charge in [-0.3, -0.25) is 4.79 Å². The number of benzene rings is 1. The third-order valence-corrected chi connectivity index (χ3v) is 5.30. The summed E-state index contributed by atoms with van der Waals surface area (Å²) in [6.07, 6.45) is 1.72. The van der Waals surface area contributed by atoms with E-state index < -0.39 is 0 Å². The topological polar surface area (TPSA) is 46.3 Å². The molecule has 7 heteroatoms. The molecular weight excluding hydrogens is 364 g/mol. The fraction of sp³-hybridized carbons (Fsp3) is 0.176. The summed E-state index contributed by atoms with van der Waals surface area (Å²) in [4.78, 5) is 19.6. The van der Waals surface area contributed by atoms with Crippen molar-refractivity contribution in [3.8, 4) is 0 Å². The standard InChI is InChI=1S/C17H15ClN2O2S2/c1-2-9-20(10-12-7-8-15(18)24-12)16(21)11-23-17-19-13-5-3-4-6-14(13)22-17/h2-8H,1,9-11H2. The van der Waals surface area contributed by atoms with Gasteiger partial charge in [-0.25, -0.2) is 4.98 Å². The summed E-state index contributed by atoms with van der Waals surface area (Å²) in [6, 6.07) is 11.3. The first-order valence-electron chi connectivity index (χ1n) is 7.27. The van der Waals surface area contributed by atoms with Gasteiger partial charge in [-0.05, 0) is 24.3 Å². The number of para-hydroxylation sites is 2. The van der Waals surface area contributed by atoms with Crippen molar-refractivity contribution < 1.29 is 9.21 Å². The molecule has 0 aliphatic heterocycles. The second kappa shape index (κ2) is 7.88. The summed E-state index contributed by atoms with van der Waals surface area (Å²) in [7, 11) is 0. The minimum atomic E-state index is 0.00618. The zero-order valence-electron chi connectivity index (χ0n) is 12.8. The van der Waals surface area contributed by atoms with Crippen LogP contribution in [-0.4, -0.2) is 28.1 Å². The van der Waals surface area contributed by atoms with Gasteiger partial charge in [0.1, 0.15) is 5.52 Å². The molecule has 0 aliphatic carbocycles. The molecule has 0 bridgehead atoms.